The SMILES string of the molecule is C/C(=C/c1ccc(F)cc1Br)CCl. The standard InChI is InChI=1S/C10H9BrClF/c1-7(6-12)4-8-2-3-9(13)5-10(8)11/h2-5H,6H2,1H3/b7-4-. The maximum absolute atomic E-state index is 12.7. The van der Waals surface area contributed by atoms with Gasteiger partial charge < -0.3 is 0 Å². The van der Waals surface area contributed by atoms with Gasteiger partial charge in [0.1, 0.15) is 5.82 Å². The first-order valence-corrected chi connectivity index (χ1v) is 5.14. The second kappa shape index (κ2) is 4.77. The molecule has 0 unspecified atom stereocenters. The number of halogens is 3. The Kier molecular flexibility index (Phi) is 3.94. The Hall–Kier alpha value is -0.340. The molecule has 1 aromatic rings. The highest BCUT2D eigenvalue weighted by molar-refractivity contribution is 9.10. The summed E-state index contributed by atoms with van der Waals surface area (Å²) in [6.45, 7) is 1.93. The number of benzene rings is 1. The summed E-state index contributed by atoms with van der Waals surface area (Å²) >= 11 is 8.90. The largest absolute Gasteiger partial charge is 0.207 e. The maximum Gasteiger partial charge on any atom is 0.124 e. The molecule has 0 aliphatic carbocycles. The van der Waals surface area contributed by atoms with Crippen LogP contribution in [0.5, 0.6) is 0 Å². The molecule has 1 rings (SSSR count). The Morgan fingerprint density at radius 1 is 1.62 bits per heavy atom. The fourth-order valence-electron chi connectivity index (χ4n) is 0.923. The van der Waals surface area contributed by atoms with E-state index in [4.69, 9.17) is 11.6 Å². The van der Waals surface area contributed by atoms with Crippen molar-refractivity contribution in [3.05, 3.63) is 39.6 Å². The molecular formula is C10H9BrClF. The third kappa shape index (κ3) is 3.12. The summed E-state index contributed by atoms with van der Waals surface area (Å²) in [7, 11) is 0. The molecule has 0 aromatic heterocycles. The van der Waals surface area contributed by atoms with Gasteiger partial charge in [-0.15, -0.1) is 11.6 Å². The third-order valence-electron chi connectivity index (χ3n) is 1.58. The first-order chi connectivity index (χ1) is 6.13. The molecule has 0 atom stereocenters. The van der Waals surface area contributed by atoms with Crippen LogP contribution in [-0.4, -0.2) is 5.88 Å². The number of alkyl halides is 1. The molecule has 0 N–H and O–H groups in total. The molecule has 0 saturated heterocycles. The second-order valence-corrected chi connectivity index (χ2v) is 3.91. The van der Waals surface area contributed by atoms with Gasteiger partial charge in [-0.25, -0.2) is 4.39 Å². The highest BCUT2D eigenvalue weighted by Gasteiger charge is 1.98. The Labute approximate surface area is 90.5 Å². The molecule has 0 aliphatic rings. The van der Waals surface area contributed by atoms with Gasteiger partial charge in [-0.05, 0) is 24.6 Å². The van der Waals surface area contributed by atoms with Crippen LogP contribution in [0.2, 0.25) is 0 Å². The van der Waals surface area contributed by atoms with E-state index in [1.165, 1.54) is 12.1 Å². The lowest BCUT2D eigenvalue weighted by Gasteiger charge is -2.00. The maximum atomic E-state index is 12.7. The van der Waals surface area contributed by atoms with Crippen molar-refractivity contribution in [3.63, 3.8) is 0 Å². The minimum Gasteiger partial charge on any atom is -0.207 e. The molecule has 0 saturated carbocycles. The van der Waals surface area contributed by atoms with Crippen molar-refractivity contribution >= 4 is 33.6 Å². The average molecular weight is 264 g/mol. The summed E-state index contributed by atoms with van der Waals surface area (Å²) in [5, 5.41) is 0. The summed E-state index contributed by atoms with van der Waals surface area (Å²) in [6.07, 6.45) is 1.93. The zero-order valence-corrected chi connectivity index (χ0v) is 9.49. The second-order valence-electron chi connectivity index (χ2n) is 2.79. The van der Waals surface area contributed by atoms with Crippen molar-refractivity contribution in [2.24, 2.45) is 0 Å². The van der Waals surface area contributed by atoms with Gasteiger partial charge >= 0.3 is 0 Å². The number of allylic oxidation sites excluding steroid dienone is 1. The summed E-state index contributed by atoms with van der Waals surface area (Å²) < 4.78 is 13.4. The lowest BCUT2D eigenvalue weighted by molar-refractivity contribution is 0.627. The first-order valence-electron chi connectivity index (χ1n) is 3.81. The van der Waals surface area contributed by atoms with Crippen LogP contribution in [0.25, 0.3) is 6.08 Å². The van der Waals surface area contributed by atoms with E-state index in [0.29, 0.717) is 5.88 Å². The van der Waals surface area contributed by atoms with Crippen molar-refractivity contribution in [2.75, 3.05) is 5.88 Å². The smallest absolute Gasteiger partial charge is 0.124 e. The number of hydrogen-bond acceptors (Lipinski definition) is 0. The lowest BCUT2D eigenvalue weighted by atomic mass is 10.1. The minimum absolute atomic E-state index is 0.243. The van der Waals surface area contributed by atoms with Crippen LogP contribution in [0.4, 0.5) is 4.39 Å². The third-order valence-corrected chi connectivity index (χ3v) is 2.68. The predicted octanol–water partition coefficient (Wildman–Crippen LogP) is 4.23. The lowest BCUT2D eigenvalue weighted by Crippen LogP contribution is -1.82. The molecule has 0 amide bonds. The van der Waals surface area contributed by atoms with Crippen LogP contribution in [0.15, 0.2) is 28.2 Å². The van der Waals surface area contributed by atoms with Crippen molar-refractivity contribution in [2.45, 2.75) is 6.92 Å². The van der Waals surface area contributed by atoms with E-state index in [1.54, 1.807) is 6.07 Å². The molecule has 1 aromatic carbocycles. The first kappa shape index (κ1) is 10.7. The van der Waals surface area contributed by atoms with Gasteiger partial charge in [0.05, 0.1) is 0 Å². The molecule has 13 heavy (non-hydrogen) atoms. The van der Waals surface area contributed by atoms with Crippen LogP contribution in [0, 0.1) is 5.82 Å². The van der Waals surface area contributed by atoms with Gasteiger partial charge in [0.25, 0.3) is 0 Å². The summed E-state index contributed by atoms with van der Waals surface area (Å²) in [5.74, 6) is 0.247. The van der Waals surface area contributed by atoms with Crippen molar-refractivity contribution in [3.8, 4) is 0 Å². The number of hydrogen-bond donors (Lipinski definition) is 0. The van der Waals surface area contributed by atoms with Gasteiger partial charge in [-0.2, -0.15) is 0 Å². The van der Waals surface area contributed by atoms with E-state index in [9.17, 15) is 4.39 Å². The summed E-state index contributed by atoms with van der Waals surface area (Å²) in [4.78, 5) is 0. The number of rotatable bonds is 2. The normalized spacial score (nSPS) is 11.8. The molecule has 0 heterocycles. The minimum atomic E-state index is -0.243. The molecule has 0 nitrogen and oxygen atoms in total. The predicted molar refractivity (Wildman–Crippen MR) is 58.5 cm³/mol. The molecule has 3 heteroatoms. The van der Waals surface area contributed by atoms with Gasteiger partial charge in [0.15, 0.2) is 0 Å². The Morgan fingerprint density at radius 3 is 2.85 bits per heavy atom. The average Bonchev–Trinajstić information content (AvgIpc) is 2.09. The topological polar surface area (TPSA) is 0 Å². The van der Waals surface area contributed by atoms with Gasteiger partial charge in [0, 0.05) is 10.4 Å². The molecule has 0 bridgehead atoms. The van der Waals surface area contributed by atoms with E-state index in [2.05, 4.69) is 15.9 Å². The fraction of sp³-hybridized carbons (Fsp3) is 0.200. The van der Waals surface area contributed by atoms with Gasteiger partial charge in [-0.1, -0.05) is 33.6 Å². The Balaban J connectivity index is 3.03. The highest BCUT2D eigenvalue weighted by atomic mass is 79.9. The van der Waals surface area contributed by atoms with Crippen LogP contribution >= 0.6 is 27.5 Å². The van der Waals surface area contributed by atoms with E-state index in [1.807, 2.05) is 13.0 Å². The molecule has 0 aliphatic heterocycles. The Bertz CT molecular complexity index is 334. The molecule has 0 spiro atoms. The van der Waals surface area contributed by atoms with Crippen LogP contribution in [-0.2, 0) is 0 Å². The zero-order valence-electron chi connectivity index (χ0n) is 7.15. The summed E-state index contributed by atoms with van der Waals surface area (Å²) in [6, 6.07) is 4.58. The zero-order chi connectivity index (χ0) is 9.84. The van der Waals surface area contributed by atoms with Crippen molar-refractivity contribution < 1.29 is 4.39 Å². The monoisotopic (exact) mass is 262 g/mol. The van der Waals surface area contributed by atoms with E-state index in [0.717, 1.165) is 15.6 Å². The molecule has 0 radical (unpaired) electrons. The van der Waals surface area contributed by atoms with Gasteiger partial charge in [-0.3, -0.25) is 0 Å². The van der Waals surface area contributed by atoms with Crippen LogP contribution in [0.1, 0.15) is 12.5 Å². The van der Waals surface area contributed by atoms with Crippen LogP contribution < -0.4 is 0 Å². The van der Waals surface area contributed by atoms with E-state index < -0.39 is 0 Å². The fourth-order valence-corrected chi connectivity index (χ4v) is 1.47. The van der Waals surface area contributed by atoms with Crippen LogP contribution in [0.3, 0.4) is 0 Å². The van der Waals surface area contributed by atoms with E-state index >= 15 is 0 Å². The highest BCUT2D eigenvalue weighted by Crippen LogP contribution is 2.20. The molecular weight excluding hydrogens is 254 g/mol. The van der Waals surface area contributed by atoms with E-state index in [-0.39, 0.29) is 5.82 Å². The van der Waals surface area contributed by atoms with Gasteiger partial charge in [0.2, 0.25) is 0 Å². The van der Waals surface area contributed by atoms with Crippen molar-refractivity contribution in [1.82, 2.24) is 0 Å². The van der Waals surface area contributed by atoms with Crippen molar-refractivity contribution in [1.29, 1.82) is 0 Å². The summed E-state index contributed by atoms with van der Waals surface area (Å²) in [5.41, 5.74) is 1.99. The molecule has 70 valence electrons. The molecule has 0 fully saturated rings. The Morgan fingerprint density at radius 2 is 2.31 bits per heavy atom. The quantitative estimate of drug-likeness (QED) is 0.701.